The van der Waals surface area contributed by atoms with Gasteiger partial charge in [-0.15, -0.1) is 44.1 Å². The smallest absolute Gasteiger partial charge is 0.657 e. The number of aldehydes is 1. The molecule has 0 radical (unpaired) electrons. The fourth-order valence-corrected chi connectivity index (χ4v) is 12.3. The number of nitrogens with zero attached hydrogens (tertiary/aromatic N) is 10. The fraction of sp³-hybridized carbons (Fsp3) is 0.412. The van der Waals surface area contributed by atoms with Gasteiger partial charge < -0.3 is 35.0 Å². The molecular formula is C80H92N10O5Zn2. The number of unbranched alkanes of at least 4 members (excludes halogenated alkanes) is 8. The third-order valence-electron chi connectivity index (χ3n) is 17.6. The van der Waals surface area contributed by atoms with E-state index in [1.165, 1.54) is 17.2 Å². The maximum atomic E-state index is 12.5. The Balaban J connectivity index is 0.000000279. The topological polar surface area (TPSA) is 228 Å². The van der Waals surface area contributed by atoms with Crippen molar-refractivity contribution in [1.29, 1.82) is 5.26 Å². The summed E-state index contributed by atoms with van der Waals surface area (Å²) in [5.74, 6) is -2.32. The van der Waals surface area contributed by atoms with E-state index >= 15 is 0 Å². The molecule has 16 bridgehead atoms. The van der Waals surface area contributed by atoms with Crippen LogP contribution in [0, 0.1) is 17.9 Å². The van der Waals surface area contributed by atoms with E-state index in [1.54, 1.807) is 0 Å². The number of hydrogen-bond donors (Lipinski definition) is 2. The van der Waals surface area contributed by atoms with Crippen LogP contribution in [0.1, 0.15) is 264 Å². The second kappa shape index (κ2) is 39.2. The summed E-state index contributed by atoms with van der Waals surface area (Å²) < 4.78 is 0. The van der Waals surface area contributed by atoms with Gasteiger partial charge in [0.1, 0.15) is 17.9 Å². The maximum Gasteiger partial charge on any atom is 2.00 e. The summed E-state index contributed by atoms with van der Waals surface area (Å²) in [7, 11) is 0. The van der Waals surface area contributed by atoms with Crippen LogP contribution in [0.2, 0.25) is 0 Å². The molecule has 4 aliphatic heterocycles. The molecule has 6 aromatic rings. The Morgan fingerprint density at radius 3 is 0.928 bits per heavy atom. The summed E-state index contributed by atoms with van der Waals surface area (Å²) in [5.41, 5.74) is 24.1. The number of aliphatic carboxylic acids is 2. The van der Waals surface area contributed by atoms with Crippen molar-refractivity contribution in [1.82, 2.24) is 39.9 Å². The van der Waals surface area contributed by atoms with Crippen molar-refractivity contribution in [3.05, 3.63) is 155 Å². The van der Waals surface area contributed by atoms with Gasteiger partial charge >= 0.3 is 57.4 Å². The van der Waals surface area contributed by atoms with Crippen molar-refractivity contribution in [2.45, 2.75) is 209 Å². The number of hydrogen-bond acceptors (Lipinski definition) is 8. The fourth-order valence-electron chi connectivity index (χ4n) is 12.3. The normalized spacial score (nSPS) is 11.8. The van der Waals surface area contributed by atoms with E-state index in [4.69, 9.17) is 51.6 Å². The van der Waals surface area contributed by atoms with Gasteiger partial charge in [0.25, 0.3) is 0 Å². The minimum absolute atomic E-state index is 0. The second-order valence-corrected chi connectivity index (χ2v) is 24.6. The zero-order chi connectivity index (χ0) is 67.8. The molecule has 0 saturated carbocycles. The van der Waals surface area contributed by atoms with E-state index in [0.717, 1.165) is 278 Å². The van der Waals surface area contributed by atoms with Gasteiger partial charge in [-0.25, -0.2) is 36.1 Å². The van der Waals surface area contributed by atoms with Gasteiger partial charge in [-0.1, -0.05) is 143 Å². The van der Waals surface area contributed by atoms with Crippen molar-refractivity contribution >= 4 is 117 Å². The van der Waals surface area contributed by atoms with Crippen LogP contribution in [0.4, 0.5) is 0 Å². The first kappa shape index (κ1) is 77.8. The van der Waals surface area contributed by atoms with Crippen molar-refractivity contribution in [3.63, 3.8) is 0 Å². The van der Waals surface area contributed by atoms with E-state index in [2.05, 4.69) is 133 Å². The number of carboxylic acids is 2. The molecule has 0 atom stereocenters. The molecule has 10 rings (SSSR count). The molecule has 0 spiro atoms. The molecule has 97 heavy (non-hydrogen) atoms. The molecule has 496 valence electrons. The van der Waals surface area contributed by atoms with Crippen LogP contribution >= 0.6 is 0 Å². The van der Waals surface area contributed by atoms with Crippen molar-refractivity contribution in [2.24, 2.45) is 0 Å². The Kier molecular flexibility index (Phi) is 31.5. The van der Waals surface area contributed by atoms with Crippen LogP contribution in [0.5, 0.6) is 0 Å². The number of carbonyl (C=O) groups excluding carboxylic acids is 1. The molecule has 0 saturated heterocycles. The van der Waals surface area contributed by atoms with Crippen molar-refractivity contribution in [2.75, 3.05) is 6.54 Å². The monoisotopic (exact) mass is 1400 g/mol. The zero-order valence-electron chi connectivity index (χ0n) is 58.4. The van der Waals surface area contributed by atoms with Gasteiger partial charge in [-0.05, 0) is 213 Å². The largest absolute Gasteiger partial charge is 2.00 e. The van der Waals surface area contributed by atoms with Gasteiger partial charge in [-0.3, -0.25) is 4.79 Å². The summed E-state index contributed by atoms with van der Waals surface area (Å²) in [6, 6.07) is 14.4. The summed E-state index contributed by atoms with van der Waals surface area (Å²) in [6.07, 6.45) is 42.7. The molecule has 2 N–H and O–H groups in total. The Morgan fingerprint density at radius 2 is 0.691 bits per heavy atom. The Bertz CT molecular complexity index is 4370. The Hall–Kier alpha value is -8.22. The van der Waals surface area contributed by atoms with Crippen molar-refractivity contribution in [3.8, 4) is 6.07 Å². The van der Waals surface area contributed by atoms with Crippen molar-refractivity contribution < 1.29 is 63.6 Å². The molecule has 6 aromatic heterocycles. The quantitative estimate of drug-likeness (QED) is 0.0153. The maximum absolute atomic E-state index is 12.5. The minimum Gasteiger partial charge on any atom is -0.657 e. The Labute approximate surface area is 598 Å². The van der Waals surface area contributed by atoms with Gasteiger partial charge in [-0.2, -0.15) is 5.26 Å². The number of nitriles is 1. The first-order valence-electron chi connectivity index (χ1n) is 34.8. The predicted molar refractivity (Wildman–Crippen MR) is 388 cm³/mol. The number of carbonyl (C=O) groups is 3. The Morgan fingerprint density at radius 1 is 0.433 bits per heavy atom. The minimum atomic E-state index is -1.26. The van der Waals surface area contributed by atoms with E-state index in [9.17, 15) is 24.8 Å². The number of carboxylic acid groups (broad SMARTS) is 2. The average Bonchev–Trinajstić information content (AvgIpc) is 1.64. The van der Waals surface area contributed by atoms with Crippen LogP contribution in [0.25, 0.3) is 104 Å². The third kappa shape index (κ3) is 19.8. The molecular weight excluding hydrogens is 1310 g/mol. The molecule has 0 aromatic carbocycles. The molecule has 0 unspecified atom stereocenters. The van der Waals surface area contributed by atoms with E-state index in [-0.39, 0.29) is 44.5 Å². The standard InChI is InChI=1S/C40H46N5O2.C37H45N4O.C3H3NO2.2Zn/c1-5-9-13-28-32-17-18-33(42-32)29(14-10-6-2)35-21-22-37(44-35)31(16-12-8-4)39-26(23-27(25-41)40(46)47)24-38(45-39)30(15-11-7-3)36-20-19-34(28)43-36;1-5-9-13-26-30-17-18-31(38-30)27(14-10-6-2)33-21-22-35(40-33)29(16-12-8-4)37-25(24-42)23-36(41-37)28(15-11-7-3)34-20-19-32(26)39-34;1-4-2-3(5)6;;/h17-24H,5-16H2,1-4H3,(H2-,42,43,44,45,46,47);17-24H,5-16H2,1-4H3,(H-,38,39,40,41,42);2H2,(H,5,6);;/q2*-1;;2*+2/p-2/b27-23-,32-28?,33-29?,34-28?,35-29?,36-30?,37-31?,38-30?,39-31?;;;;. The predicted octanol–water partition coefficient (Wildman–Crippen LogP) is 18.4. The van der Waals surface area contributed by atoms with Crippen LogP contribution in [-0.2, 0) is 99.9 Å². The molecule has 15 nitrogen and oxygen atoms in total. The molecule has 0 fully saturated rings. The number of fused-ring (bicyclic) bond motifs is 16. The first-order valence-corrected chi connectivity index (χ1v) is 34.8. The van der Waals surface area contributed by atoms with Crippen LogP contribution in [0.3, 0.4) is 0 Å². The first-order chi connectivity index (χ1) is 46.3. The second-order valence-electron chi connectivity index (χ2n) is 24.6. The van der Waals surface area contributed by atoms with Gasteiger partial charge in [0.15, 0.2) is 0 Å². The third-order valence-corrected chi connectivity index (χ3v) is 17.6. The van der Waals surface area contributed by atoms with E-state index in [0.29, 0.717) is 16.6 Å². The number of aryl methyl sites for hydroxylation is 8. The molecule has 17 heteroatoms. The number of aromatic nitrogens is 8. The SMILES string of the molecule is CCCCc1c2nc(c(CCCC)c3cc(/C=C(/C#N)C(=O)O)c([n-]3)c(CCCC)c3nc(c(CCCC)c4ccc1[n-]4)C=C3)C=C2.CCCCc1c2nc(c(CCCC)c3cc(C=O)c([n-]3)c(CCCC)c3nc(c(CCCC)c4ccc1[n-]4)C=C3)C=C2.[C-]#[N+]CC(=O)O.[Zn+2].[Zn+2]. The molecule has 10 heterocycles. The summed E-state index contributed by atoms with van der Waals surface area (Å²) in [6.45, 7) is 23.1. The number of rotatable bonds is 28. The molecule has 0 aliphatic carbocycles. The van der Waals surface area contributed by atoms with Gasteiger partial charge in [0.05, 0.1) is 45.6 Å². The summed E-state index contributed by atoms with van der Waals surface area (Å²) in [4.78, 5) is 78.2. The zero-order valence-corrected chi connectivity index (χ0v) is 64.4. The molecule has 4 aliphatic rings. The van der Waals surface area contributed by atoms with E-state index in [1.807, 2.05) is 18.2 Å². The van der Waals surface area contributed by atoms with Gasteiger partial charge in [0, 0.05) is 0 Å². The van der Waals surface area contributed by atoms with Crippen LogP contribution in [-0.4, -0.2) is 54.9 Å². The summed E-state index contributed by atoms with van der Waals surface area (Å²) in [5, 5.41) is 27.2. The van der Waals surface area contributed by atoms with E-state index < -0.39 is 18.5 Å². The average molecular weight is 1400 g/mol. The van der Waals surface area contributed by atoms with Crippen LogP contribution in [0.15, 0.2) is 42.0 Å². The molecule has 0 amide bonds. The van der Waals surface area contributed by atoms with Crippen LogP contribution < -0.4 is 19.9 Å². The summed E-state index contributed by atoms with van der Waals surface area (Å²) >= 11 is 0. The van der Waals surface area contributed by atoms with Gasteiger partial charge in [0.2, 0.25) is 0 Å².